The highest BCUT2D eigenvalue weighted by Gasteiger charge is 2.24. The predicted molar refractivity (Wildman–Crippen MR) is 135 cm³/mol. The van der Waals surface area contributed by atoms with Gasteiger partial charge in [0.25, 0.3) is 0 Å². The Bertz CT molecular complexity index is 423. The minimum atomic E-state index is -0.793. The number of unbranched alkanes of at least 4 members (excludes halogenated alkanes) is 12. The molecule has 0 bridgehead atoms. The number of hydrogen-bond donors (Lipinski definition) is 1. The number of carboxylic acids is 1. The average molecular weight is 455 g/mol. The molecule has 32 heavy (non-hydrogen) atoms. The smallest absolute Gasteiger partial charge is 0.306 e. The lowest BCUT2D eigenvalue weighted by molar-refractivity contribution is -0.153. The Labute approximate surface area is 199 Å². The molecule has 0 amide bonds. The molecular weight excluding hydrogens is 400 g/mol. The molecule has 1 atom stereocenters. The Kier molecular flexibility index (Phi) is 22.3. The van der Waals surface area contributed by atoms with Gasteiger partial charge in [-0.1, -0.05) is 104 Å². The second kappa shape index (κ2) is 23.1. The van der Waals surface area contributed by atoms with E-state index in [0.29, 0.717) is 25.2 Å². The lowest BCUT2D eigenvalue weighted by Crippen LogP contribution is -2.27. The van der Waals surface area contributed by atoms with Gasteiger partial charge in [-0.25, -0.2) is 0 Å². The first kappa shape index (κ1) is 30.9. The number of hydrogen-bond acceptors (Lipinski definition) is 3. The molecule has 0 aromatic heterocycles. The summed E-state index contributed by atoms with van der Waals surface area (Å²) in [5, 5.41) is 8.80. The van der Waals surface area contributed by atoms with Crippen molar-refractivity contribution in [2.45, 2.75) is 162 Å². The summed E-state index contributed by atoms with van der Waals surface area (Å²) in [7, 11) is 0. The SMILES string of the molecule is CCCCCCCCC(OC(=O)CCCCC(=O)O)C(CCCCCC)CCCCCC. The van der Waals surface area contributed by atoms with Crippen molar-refractivity contribution in [3.8, 4) is 0 Å². The van der Waals surface area contributed by atoms with Gasteiger partial charge in [-0.3, -0.25) is 9.59 Å². The number of esters is 1. The molecular formula is C28H54O4. The molecule has 0 aromatic carbocycles. The van der Waals surface area contributed by atoms with Crippen LogP contribution in [0.25, 0.3) is 0 Å². The van der Waals surface area contributed by atoms with Gasteiger partial charge in [0.15, 0.2) is 0 Å². The fraction of sp³-hybridized carbons (Fsp3) is 0.929. The molecule has 0 aliphatic carbocycles. The third-order valence-electron chi connectivity index (χ3n) is 6.53. The van der Waals surface area contributed by atoms with Crippen molar-refractivity contribution in [2.75, 3.05) is 0 Å². The minimum absolute atomic E-state index is 0.0383. The van der Waals surface area contributed by atoms with Crippen molar-refractivity contribution >= 4 is 11.9 Å². The fourth-order valence-corrected chi connectivity index (χ4v) is 4.47. The van der Waals surface area contributed by atoms with Crippen LogP contribution in [0.1, 0.15) is 156 Å². The lowest BCUT2D eigenvalue weighted by atomic mass is 9.87. The molecule has 0 radical (unpaired) electrons. The van der Waals surface area contributed by atoms with Crippen LogP contribution in [0.3, 0.4) is 0 Å². The summed E-state index contributed by atoms with van der Waals surface area (Å²) in [6, 6.07) is 0. The highest BCUT2D eigenvalue weighted by molar-refractivity contribution is 5.70. The monoisotopic (exact) mass is 454 g/mol. The van der Waals surface area contributed by atoms with E-state index < -0.39 is 5.97 Å². The van der Waals surface area contributed by atoms with Crippen LogP contribution in [-0.2, 0) is 14.3 Å². The summed E-state index contributed by atoms with van der Waals surface area (Å²) in [4.78, 5) is 23.3. The van der Waals surface area contributed by atoms with Crippen molar-refractivity contribution in [1.29, 1.82) is 0 Å². The molecule has 0 aromatic rings. The Morgan fingerprint density at radius 3 is 1.56 bits per heavy atom. The molecule has 1 unspecified atom stereocenters. The molecule has 1 N–H and O–H groups in total. The van der Waals surface area contributed by atoms with Crippen LogP contribution in [0, 0.1) is 5.92 Å². The van der Waals surface area contributed by atoms with Gasteiger partial charge in [0, 0.05) is 12.8 Å². The van der Waals surface area contributed by atoms with Gasteiger partial charge in [0.1, 0.15) is 6.10 Å². The van der Waals surface area contributed by atoms with E-state index >= 15 is 0 Å². The van der Waals surface area contributed by atoms with Gasteiger partial charge in [0.2, 0.25) is 0 Å². The third-order valence-corrected chi connectivity index (χ3v) is 6.53. The molecule has 0 spiro atoms. The highest BCUT2D eigenvalue weighted by Crippen LogP contribution is 2.28. The van der Waals surface area contributed by atoms with Gasteiger partial charge < -0.3 is 9.84 Å². The average Bonchev–Trinajstić information content (AvgIpc) is 2.77. The van der Waals surface area contributed by atoms with E-state index in [9.17, 15) is 9.59 Å². The predicted octanol–water partition coefficient (Wildman–Crippen LogP) is 8.85. The normalized spacial score (nSPS) is 12.2. The minimum Gasteiger partial charge on any atom is -0.481 e. The summed E-state index contributed by atoms with van der Waals surface area (Å²) >= 11 is 0. The van der Waals surface area contributed by atoms with Gasteiger partial charge in [-0.15, -0.1) is 0 Å². The number of rotatable bonds is 24. The van der Waals surface area contributed by atoms with E-state index in [1.807, 2.05) is 0 Å². The standard InChI is InChI=1S/C28H54O4/c1-4-7-10-13-14-17-22-26(32-28(31)24-19-18-23-27(29)30)25(20-15-11-8-5-2)21-16-12-9-6-3/h25-26H,4-24H2,1-3H3,(H,29,30). The Morgan fingerprint density at radius 2 is 1.03 bits per heavy atom. The number of carboxylic acid groups (broad SMARTS) is 1. The zero-order valence-electron chi connectivity index (χ0n) is 21.7. The third kappa shape index (κ3) is 19.6. The molecule has 0 saturated carbocycles. The van der Waals surface area contributed by atoms with Crippen LogP contribution >= 0.6 is 0 Å². The maximum atomic E-state index is 12.6. The molecule has 190 valence electrons. The quantitative estimate of drug-likeness (QED) is 0.117. The van der Waals surface area contributed by atoms with E-state index in [0.717, 1.165) is 12.8 Å². The van der Waals surface area contributed by atoms with E-state index in [1.54, 1.807) is 0 Å². The number of ether oxygens (including phenoxy) is 1. The topological polar surface area (TPSA) is 63.6 Å². The first-order chi connectivity index (χ1) is 15.5. The Hall–Kier alpha value is -1.06. The Morgan fingerprint density at radius 1 is 0.594 bits per heavy atom. The van der Waals surface area contributed by atoms with E-state index in [4.69, 9.17) is 9.84 Å². The summed E-state index contributed by atoms with van der Waals surface area (Å²) in [6.07, 6.45) is 22.6. The van der Waals surface area contributed by atoms with Crippen molar-refractivity contribution < 1.29 is 19.4 Å². The number of carbonyl (C=O) groups excluding carboxylic acids is 1. The van der Waals surface area contributed by atoms with Gasteiger partial charge in [-0.05, 0) is 44.4 Å². The van der Waals surface area contributed by atoms with E-state index in [1.165, 1.54) is 96.3 Å². The number of aliphatic carboxylic acids is 1. The van der Waals surface area contributed by atoms with Crippen LogP contribution in [0.4, 0.5) is 0 Å². The Balaban J connectivity index is 4.82. The first-order valence-electron chi connectivity index (χ1n) is 14.0. The first-order valence-corrected chi connectivity index (χ1v) is 14.0. The molecule has 0 aliphatic heterocycles. The molecule has 0 aliphatic rings. The molecule has 0 fully saturated rings. The van der Waals surface area contributed by atoms with Crippen molar-refractivity contribution in [3.63, 3.8) is 0 Å². The maximum absolute atomic E-state index is 12.6. The van der Waals surface area contributed by atoms with Crippen LogP contribution in [0.15, 0.2) is 0 Å². The largest absolute Gasteiger partial charge is 0.481 e. The molecule has 0 saturated heterocycles. The van der Waals surface area contributed by atoms with Crippen molar-refractivity contribution in [2.24, 2.45) is 5.92 Å². The molecule has 0 heterocycles. The maximum Gasteiger partial charge on any atom is 0.306 e. The highest BCUT2D eigenvalue weighted by atomic mass is 16.5. The van der Waals surface area contributed by atoms with Gasteiger partial charge in [-0.2, -0.15) is 0 Å². The molecule has 0 rings (SSSR count). The van der Waals surface area contributed by atoms with Crippen LogP contribution in [0.5, 0.6) is 0 Å². The lowest BCUT2D eigenvalue weighted by Gasteiger charge is -2.28. The van der Waals surface area contributed by atoms with Gasteiger partial charge >= 0.3 is 11.9 Å². The van der Waals surface area contributed by atoms with Crippen molar-refractivity contribution in [1.82, 2.24) is 0 Å². The van der Waals surface area contributed by atoms with Crippen LogP contribution in [0.2, 0.25) is 0 Å². The summed E-state index contributed by atoms with van der Waals surface area (Å²) in [5.74, 6) is -0.445. The van der Waals surface area contributed by atoms with Crippen molar-refractivity contribution in [3.05, 3.63) is 0 Å². The van der Waals surface area contributed by atoms with Crippen LogP contribution < -0.4 is 0 Å². The van der Waals surface area contributed by atoms with Gasteiger partial charge in [0.05, 0.1) is 0 Å². The number of carbonyl (C=O) groups is 2. The summed E-state index contributed by atoms with van der Waals surface area (Å²) in [5.41, 5.74) is 0. The second-order valence-electron chi connectivity index (χ2n) is 9.64. The van der Waals surface area contributed by atoms with E-state index in [-0.39, 0.29) is 18.5 Å². The molecule has 4 heteroatoms. The fourth-order valence-electron chi connectivity index (χ4n) is 4.47. The molecule has 4 nitrogen and oxygen atoms in total. The second-order valence-corrected chi connectivity index (χ2v) is 9.64. The van der Waals surface area contributed by atoms with E-state index in [2.05, 4.69) is 20.8 Å². The van der Waals surface area contributed by atoms with Crippen LogP contribution in [-0.4, -0.2) is 23.1 Å². The summed E-state index contributed by atoms with van der Waals surface area (Å²) < 4.78 is 6.08. The zero-order valence-corrected chi connectivity index (χ0v) is 21.7. The zero-order chi connectivity index (χ0) is 23.9. The summed E-state index contributed by atoms with van der Waals surface area (Å²) in [6.45, 7) is 6.74.